The summed E-state index contributed by atoms with van der Waals surface area (Å²) in [6.45, 7) is 3.56. The third kappa shape index (κ3) is 4.28. The second-order valence-corrected chi connectivity index (χ2v) is 1.65. The van der Waals surface area contributed by atoms with Crippen LogP contribution in [0.5, 0.6) is 0 Å². The van der Waals surface area contributed by atoms with Crippen LogP contribution in [0.2, 0.25) is 0 Å². The van der Waals surface area contributed by atoms with Crippen molar-refractivity contribution in [2.45, 2.75) is 20.3 Å². The number of rotatable bonds is 2. The predicted octanol–water partition coefficient (Wildman–Crippen LogP) is 1.11. The van der Waals surface area contributed by atoms with E-state index in [1.165, 1.54) is 0 Å². The zero-order chi connectivity index (χ0) is 5.86. The van der Waals surface area contributed by atoms with E-state index in [4.69, 9.17) is 5.11 Å². The van der Waals surface area contributed by atoms with E-state index in [0.29, 0.717) is 0 Å². The smallest absolute Gasteiger partial charge is 0.306 e. The second kappa shape index (κ2) is 5.26. The molecule has 0 fully saturated rings. The molecule has 0 aliphatic heterocycles. The Morgan fingerprint density at radius 2 is 2.12 bits per heavy atom. The average molecular weight is 294 g/mol. The first-order chi connectivity index (χ1) is 3.18. The molecule has 0 heterocycles. The Bertz CT molecular complexity index is 72.8. The number of hydrogen-bond donors (Lipinski definition) is 1. The van der Waals surface area contributed by atoms with E-state index in [-0.39, 0.29) is 26.0 Å². The van der Waals surface area contributed by atoms with Crippen molar-refractivity contribution in [2.24, 2.45) is 5.92 Å². The molecule has 1 radical (unpaired) electrons. The van der Waals surface area contributed by atoms with E-state index in [9.17, 15) is 4.79 Å². The van der Waals surface area contributed by atoms with Crippen molar-refractivity contribution in [3.63, 3.8) is 0 Å². The van der Waals surface area contributed by atoms with Gasteiger partial charge in [-0.05, 0) is 6.42 Å². The maximum Gasteiger partial charge on any atom is 0.306 e. The van der Waals surface area contributed by atoms with Crippen molar-refractivity contribution in [3.8, 4) is 0 Å². The summed E-state index contributed by atoms with van der Waals surface area (Å²) in [5.74, 6) is -0.887. The topological polar surface area (TPSA) is 37.3 Å². The first-order valence-corrected chi connectivity index (χ1v) is 2.41. The van der Waals surface area contributed by atoms with Gasteiger partial charge >= 0.3 is 5.97 Å². The third-order valence-corrected chi connectivity index (χ3v) is 1.03. The van der Waals surface area contributed by atoms with Crippen LogP contribution in [-0.2, 0) is 24.9 Å². The number of carboxylic acid groups (broad SMARTS) is 1. The quantitative estimate of drug-likeness (QED) is 0.828. The van der Waals surface area contributed by atoms with Crippen LogP contribution in [0, 0.1) is 5.92 Å². The molecule has 1 N–H and O–H groups in total. The van der Waals surface area contributed by atoms with Gasteiger partial charge in [0.25, 0.3) is 0 Å². The summed E-state index contributed by atoms with van der Waals surface area (Å²) in [5.41, 5.74) is 0. The minimum absolute atomic E-state index is 0. The van der Waals surface area contributed by atoms with Crippen LogP contribution in [0.4, 0.5) is 0 Å². The maximum absolute atomic E-state index is 9.93. The normalized spacial score (nSPS) is 11.8. The van der Waals surface area contributed by atoms with Gasteiger partial charge in [-0.25, -0.2) is 0 Å². The molecular formula is C5H10IrO2. The van der Waals surface area contributed by atoms with Crippen LogP contribution in [0.1, 0.15) is 20.3 Å². The summed E-state index contributed by atoms with van der Waals surface area (Å²) in [5, 5.41) is 8.18. The van der Waals surface area contributed by atoms with Crippen molar-refractivity contribution in [3.05, 3.63) is 0 Å². The summed E-state index contributed by atoms with van der Waals surface area (Å²) in [4.78, 5) is 9.93. The van der Waals surface area contributed by atoms with Gasteiger partial charge in [0, 0.05) is 20.1 Å². The molecule has 0 aliphatic carbocycles. The Labute approximate surface area is 62.6 Å². The van der Waals surface area contributed by atoms with E-state index in [0.717, 1.165) is 6.42 Å². The fourth-order valence-electron chi connectivity index (χ4n) is 0.175. The van der Waals surface area contributed by atoms with Gasteiger partial charge in [-0.2, -0.15) is 0 Å². The first-order valence-electron chi connectivity index (χ1n) is 2.41. The molecule has 0 saturated heterocycles. The van der Waals surface area contributed by atoms with E-state index in [2.05, 4.69) is 0 Å². The Kier molecular flexibility index (Phi) is 7.23. The van der Waals surface area contributed by atoms with Gasteiger partial charge in [0.2, 0.25) is 0 Å². The molecule has 0 bridgehead atoms. The fraction of sp³-hybridized carbons (Fsp3) is 0.800. The standard InChI is InChI=1S/C5H10O2.Ir/c1-3-4(2)5(6)7;/h4H,3H2,1-2H3,(H,6,7);. The van der Waals surface area contributed by atoms with Crippen LogP contribution in [0.25, 0.3) is 0 Å². The Hall–Kier alpha value is 0.119. The molecule has 3 heteroatoms. The summed E-state index contributed by atoms with van der Waals surface area (Å²) in [6, 6.07) is 0. The Balaban J connectivity index is 0. The van der Waals surface area contributed by atoms with Gasteiger partial charge in [0.15, 0.2) is 0 Å². The summed E-state index contributed by atoms with van der Waals surface area (Å²) in [6.07, 6.45) is 0.718. The summed E-state index contributed by atoms with van der Waals surface area (Å²) >= 11 is 0. The zero-order valence-electron chi connectivity index (χ0n) is 4.97. The number of hydrogen-bond acceptors (Lipinski definition) is 1. The molecule has 51 valence electrons. The summed E-state index contributed by atoms with van der Waals surface area (Å²) < 4.78 is 0. The minimum atomic E-state index is -0.706. The van der Waals surface area contributed by atoms with E-state index < -0.39 is 5.97 Å². The zero-order valence-corrected chi connectivity index (χ0v) is 7.37. The second-order valence-electron chi connectivity index (χ2n) is 1.65. The van der Waals surface area contributed by atoms with Gasteiger partial charge in [0.05, 0.1) is 5.92 Å². The maximum atomic E-state index is 9.93. The monoisotopic (exact) mass is 295 g/mol. The van der Waals surface area contributed by atoms with Crippen molar-refractivity contribution < 1.29 is 30.0 Å². The van der Waals surface area contributed by atoms with Crippen LogP contribution >= 0.6 is 0 Å². The number of carboxylic acids is 1. The molecule has 1 atom stereocenters. The van der Waals surface area contributed by atoms with Gasteiger partial charge in [-0.3, -0.25) is 4.79 Å². The van der Waals surface area contributed by atoms with Gasteiger partial charge in [-0.1, -0.05) is 13.8 Å². The van der Waals surface area contributed by atoms with E-state index >= 15 is 0 Å². The molecule has 0 aromatic heterocycles. The third-order valence-electron chi connectivity index (χ3n) is 1.03. The van der Waals surface area contributed by atoms with E-state index in [1.807, 2.05) is 6.92 Å². The predicted molar refractivity (Wildman–Crippen MR) is 27.1 cm³/mol. The molecule has 0 rings (SSSR count). The Morgan fingerprint density at radius 3 is 2.12 bits per heavy atom. The SMILES string of the molecule is CCC(C)C(=O)O.[Ir]. The molecule has 1 unspecified atom stereocenters. The van der Waals surface area contributed by atoms with Crippen LogP contribution in [0.15, 0.2) is 0 Å². The molecule has 2 nitrogen and oxygen atoms in total. The van der Waals surface area contributed by atoms with Crippen LogP contribution < -0.4 is 0 Å². The minimum Gasteiger partial charge on any atom is -0.481 e. The number of carbonyl (C=O) groups is 1. The van der Waals surface area contributed by atoms with Gasteiger partial charge in [0.1, 0.15) is 0 Å². The van der Waals surface area contributed by atoms with Crippen molar-refractivity contribution in [1.82, 2.24) is 0 Å². The van der Waals surface area contributed by atoms with Gasteiger partial charge in [-0.15, -0.1) is 0 Å². The van der Waals surface area contributed by atoms with Crippen LogP contribution in [0.3, 0.4) is 0 Å². The first kappa shape index (κ1) is 11.0. The number of aliphatic carboxylic acids is 1. The molecule has 8 heavy (non-hydrogen) atoms. The average Bonchev–Trinajstić information content (AvgIpc) is 1.65. The largest absolute Gasteiger partial charge is 0.481 e. The Morgan fingerprint density at radius 1 is 1.75 bits per heavy atom. The molecule has 0 saturated carbocycles. The molecule has 0 aromatic carbocycles. The van der Waals surface area contributed by atoms with E-state index in [1.54, 1.807) is 6.92 Å². The van der Waals surface area contributed by atoms with Crippen LogP contribution in [-0.4, -0.2) is 11.1 Å². The molecule has 0 aromatic rings. The molecule has 0 spiro atoms. The van der Waals surface area contributed by atoms with Crippen molar-refractivity contribution >= 4 is 5.97 Å². The van der Waals surface area contributed by atoms with Gasteiger partial charge < -0.3 is 5.11 Å². The van der Waals surface area contributed by atoms with Crippen molar-refractivity contribution in [2.75, 3.05) is 0 Å². The molecule has 0 aliphatic rings. The summed E-state index contributed by atoms with van der Waals surface area (Å²) in [7, 11) is 0. The molecular weight excluding hydrogens is 284 g/mol. The molecule has 0 amide bonds. The fourth-order valence-corrected chi connectivity index (χ4v) is 0.175. The van der Waals surface area contributed by atoms with Crippen molar-refractivity contribution in [1.29, 1.82) is 0 Å².